The average molecular weight is 788 g/mol. The largest absolute Gasteiger partial charge is 0.481 e. The summed E-state index contributed by atoms with van der Waals surface area (Å²) < 4.78 is 21.3. The van der Waals surface area contributed by atoms with Crippen LogP contribution in [0.4, 0.5) is 0 Å². The predicted molar refractivity (Wildman–Crippen MR) is 209 cm³/mol. The molecule has 0 fully saturated rings. The lowest BCUT2D eigenvalue weighted by atomic mass is 10.0. The number of nitrogens with one attached hydrogen (secondary N) is 3. The summed E-state index contributed by atoms with van der Waals surface area (Å²) >= 11 is 0. The van der Waals surface area contributed by atoms with Crippen LogP contribution in [0.15, 0.2) is 0 Å². The van der Waals surface area contributed by atoms with Gasteiger partial charge in [0.2, 0.25) is 17.7 Å². The maximum Gasteiger partial charge on any atom is 0.326 e. The van der Waals surface area contributed by atoms with Crippen molar-refractivity contribution in [1.82, 2.24) is 16.0 Å². The van der Waals surface area contributed by atoms with Crippen molar-refractivity contribution in [1.29, 1.82) is 0 Å². The van der Waals surface area contributed by atoms with Gasteiger partial charge in [-0.05, 0) is 46.5 Å². The van der Waals surface area contributed by atoms with E-state index in [-0.39, 0.29) is 94.2 Å². The van der Waals surface area contributed by atoms with Crippen LogP contribution >= 0.6 is 0 Å². The molecule has 0 spiro atoms. The van der Waals surface area contributed by atoms with Crippen LogP contribution in [0.25, 0.3) is 0 Å². The van der Waals surface area contributed by atoms with Gasteiger partial charge in [-0.25, -0.2) is 4.79 Å². The van der Waals surface area contributed by atoms with Crippen molar-refractivity contribution in [3.63, 3.8) is 0 Å². The normalized spacial score (nSPS) is 11.9. The minimum Gasteiger partial charge on any atom is -0.481 e. The SMILES string of the molecule is CC(C)(C)NC(=O)COCCOCCNC(=O)COCCOCCCC(=O)CC[C@H](NC(=O)CCCCCCCCCCCCCCCCC(=O)O)C(=O)O. The van der Waals surface area contributed by atoms with Gasteiger partial charge in [0.15, 0.2) is 0 Å². The lowest BCUT2D eigenvalue weighted by molar-refractivity contribution is -0.142. The number of carboxylic acid groups (broad SMARTS) is 2. The average Bonchev–Trinajstić information content (AvgIpc) is 3.11. The molecule has 3 amide bonds. The summed E-state index contributed by atoms with van der Waals surface area (Å²) in [4.78, 5) is 70.2. The molecule has 0 aliphatic heterocycles. The number of carboxylic acids is 2. The zero-order valence-corrected chi connectivity index (χ0v) is 34.1. The fourth-order valence-corrected chi connectivity index (χ4v) is 5.55. The van der Waals surface area contributed by atoms with E-state index in [0.29, 0.717) is 39.2 Å². The van der Waals surface area contributed by atoms with E-state index in [4.69, 9.17) is 24.1 Å². The molecule has 0 bridgehead atoms. The molecule has 15 nitrogen and oxygen atoms in total. The molecule has 55 heavy (non-hydrogen) atoms. The first-order chi connectivity index (χ1) is 26.3. The fraction of sp³-hybridized carbons (Fsp3) is 0.850. The Labute approximate surface area is 329 Å². The standard InChI is InChI=1S/C40H73N3O12/c1-40(2,3)43-37(47)32-55-30-28-53-26-24-41-36(46)31-54-29-27-52-25-18-19-33(44)22-23-34(39(50)51)42-35(45)20-16-14-12-10-8-6-4-5-7-9-11-13-15-17-21-38(48)49/h34H,4-32H2,1-3H3,(H,41,46)(H,42,45)(H,43,47)(H,48,49)(H,50,51)/t34-/m0/s1. The summed E-state index contributed by atoms with van der Waals surface area (Å²) in [5, 5.41) is 26.2. The van der Waals surface area contributed by atoms with Crippen molar-refractivity contribution in [2.45, 2.75) is 161 Å². The molecule has 5 N–H and O–H groups in total. The van der Waals surface area contributed by atoms with Gasteiger partial charge in [0.25, 0.3) is 0 Å². The molecule has 0 saturated heterocycles. The number of carbonyl (C=O) groups is 6. The molecular weight excluding hydrogens is 714 g/mol. The third-order valence-corrected chi connectivity index (χ3v) is 8.43. The van der Waals surface area contributed by atoms with E-state index >= 15 is 0 Å². The molecule has 0 aromatic heterocycles. The smallest absolute Gasteiger partial charge is 0.326 e. The Morgan fingerprint density at radius 2 is 0.982 bits per heavy atom. The van der Waals surface area contributed by atoms with Gasteiger partial charge in [-0.3, -0.25) is 24.0 Å². The van der Waals surface area contributed by atoms with E-state index in [1.807, 2.05) is 20.8 Å². The highest BCUT2D eigenvalue weighted by atomic mass is 16.5. The van der Waals surface area contributed by atoms with Gasteiger partial charge >= 0.3 is 11.9 Å². The van der Waals surface area contributed by atoms with E-state index in [1.165, 1.54) is 44.9 Å². The minimum absolute atomic E-state index is 0.0403. The van der Waals surface area contributed by atoms with Gasteiger partial charge < -0.3 is 45.1 Å². The molecule has 0 aromatic rings. The summed E-state index contributed by atoms with van der Waals surface area (Å²) in [6.45, 7) is 7.46. The minimum atomic E-state index is -1.15. The highest BCUT2D eigenvalue weighted by Crippen LogP contribution is 2.14. The van der Waals surface area contributed by atoms with Crippen molar-refractivity contribution in [2.75, 3.05) is 59.4 Å². The lowest BCUT2D eigenvalue weighted by Gasteiger charge is -2.20. The molecule has 0 aliphatic carbocycles. The van der Waals surface area contributed by atoms with Crippen LogP contribution in [-0.4, -0.2) is 117 Å². The van der Waals surface area contributed by atoms with Crippen LogP contribution in [0.2, 0.25) is 0 Å². The van der Waals surface area contributed by atoms with Gasteiger partial charge in [-0.2, -0.15) is 0 Å². The van der Waals surface area contributed by atoms with Crippen LogP contribution < -0.4 is 16.0 Å². The van der Waals surface area contributed by atoms with Gasteiger partial charge in [0.1, 0.15) is 25.0 Å². The quantitative estimate of drug-likeness (QED) is 0.0514. The van der Waals surface area contributed by atoms with E-state index in [9.17, 15) is 33.9 Å². The second-order valence-electron chi connectivity index (χ2n) is 15.0. The molecule has 0 rings (SSSR count). The first kappa shape index (κ1) is 51.9. The molecular formula is C40H73N3O12. The van der Waals surface area contributed by atoms with Crippen LogP contribution in [0, 0.1) is 0 Å². The Morgan fingerprint density at radius 1 is 0.509 bits per heavy atom. The molecule has 0 saturated carbocycles. The Kier molecular flexibility index (Phi) is 33.3. The number of Topliss-reactive ketones (excluding diaryl/α,β-unsaturated/α-hetero) is 1. The van der Waals surface area contributed by atoms with Crippen molar-refractivity contribution < 1.29 is 57.9 Å². The first-order valence-corrected chi connectivity index (χ1v) is 20.4. The maximum absolute atomic E-state index is 12.3. The van der Waals surface area contributed by atoms with Crippen molar-refractivity contribution >= 4 is 35.4 Å². The number of amides is 3. The fourth-order valence-electron chi connectivity index (χ4n) is 5.55. The Bertz CT molecular complexity index is 1050. The summed E-state index contributed by atoms with van der Waals surface area (Å²) in [6.07, 6.45) is 16.5. The Balaban J connectivity index is 3.67. The number of ketones is 1. The molecule has 15 heteroatoms. The highest BCUT2D eigenvalue weighted by Gasteiger charge is 2.21. The summed E-state index contributed by atoms with van der Waals surface area (Å²) in [6, 6.07) is -1.09. The van der Waals surface area contributed by atoms with Gasteiger partial charge in [0, 0.05) is 44.4 Å². The molecule has 0 unspecified atom stereocenters. The van der Waals surface area contributed by atoms with Crippen LogP contribution in [0.5, 0.6) is 0 Å². The number of aliphatic carboxylic acids is 2. The zero-order chi connectivity index (χ0) is 41.0. The van der Waals surface area contributed by atoms with Gasteiger partial charge in [-0.1, -0.05) is 77.0 Å². The summed E-state index contributed by atoms with van der Waals surface area (Å²) in [5.41, 5.74) is -0.311. The molecule has 320 valence electrons. The summed E-state index contributed by atoms with van der Waals surface area (Å²) in [7, 11) is 0. The van der Waals surface area contributed by atoms with Crippen molar-refractivity contribution in [3.05, 3.63) is 0 Å². The molecule has 0 radical (unpaired) electrons. The summed E-state index contributed by atoms with van der Waals surface area (Å²) in [5.74, 6) is -2.74. The second-order valence-corrected chi connectivity index (χ2v) is 15.0. The first-order valence-electron chi connectivity index (χ1n) is 20.4. The van der Waals surface area contributed by atoms with Gasteiger partial charge in [-0.15, -0.1) is 0 Å². The Hall–Kier alpha value is -3.14. The number of unbranched alkanes of at least 4 members (excludes halogenated alkanes) is 13. The van der Waals surface area contributed by atoms with E-state index < -0.39 is 18.0 Å². The maximum atomic E-state index is 12.3. The molecule has 0 aromatic carbocycles. The van der Waals surface area contributed by atoms with Crippen molar-refractivity contribution in [3.8, 4) is 0 Å². The van der Waals surface area contributed by atoms with E-state index in [1.54, 1.807) is 0 Å². The third kappa shape index (κ3) is 38.9. The second kappa shape index (κ2) is 35.3. The predicted octanol–water partition coefficient (Wildman–Crippen LogP) is 5.11. The number of rotatable bonds is 39. The molecule has 0 aliphatic rings. The third-order valence-electron chi connectivity index (χ3n) is 8.43. The number of ether oxygens (including phenoxy) is 4. The number of carbonyl (C=O) groups excluding carboxylic acids is 4. The monoisotopic (exact) mass is 788 g/mol. The van der Waals surface area contributed by atoms with E-state index in [0.717, 1.165) is 38.5 Å². The van der Waals surface area contributed by atoms with E-state index in [2.05, 4.69) is 16.0 Å². The number of hydrogen-bond donors (Lipinski definition) is 5. The highest BCUT2D eigenvalue weighted by molar-refractivity contribution is 5.84. The lowest BCUT2D eigenvalue weighted by Crippen LogP contribution is -2.42. The van der Waals surface area contributed by atoms with Crippen molar-refractivity contribution in [2.24, 2.45) is 0 Å². The Morgan fingerprint density at radius 3 is 1.49 bits per heavy atom. The molecule has 0 heterocycles. The topological polar surface area (TPSA) is 216 Å². The van der Waals surface area contributed by atoms with Gasteiger partial charge in [0.05, 0.1) is 33.0 Å². The van der Waals surface area contributed by atoms with Crippen LogP contribution in [0.3, 0.4) is 0 Å². The molecule has 1 atom stereocenters. The van der Waals surface area contributed by atoms with Crippen LogP contribution in [0.1, 0.15) is 149 Å². The number of hydrogen-bond acceptors (Lipinski definition) is 10. The zero-order valence-electron chi connectivity index (χ0n) is 34.1. The van der Waals surface area contributed by atoms with Crippen LogP contribution in [-0.2, 0) is 47.7 Å².